The van der Waals surface area contributed by atoms with Crippen molar-refractivity contribution in [3.63, 3.8) is 0 Å². The van der Waals surface area contributed by atoms with E-state index in [1.807, 2.05) is 13.8 Å². The molecule has 0 aromatic heterocycles. The number of benzene rings is 1. The van der Waals surface area contributed by atoms with Gasteiger partial charge in [0.25, 0.3) is 0 Å². The fourth-order valence-corrected chi connectivity index (χ4v) is 1.13. The Morgan fingerprint density at radius 2 is 1.93 bits per heavy atom. The summed E-state index contributed by atoms with van der Waals surface area (Å²) in [6.07, 6.45) is 1.54. The van der Waals surface area contributed by atoms with Gasteiger partial charge in [-0.25, -0.2) is 0 Å². The lowest BCUT2D eigenvalue weighted by molar-refractivity contribution is -0.111. The first-order valence-corrected chi connectivity index (χ1v) is 4.77. The molecule has 3 heteroatoms. The van der Waals surface area contributed by atoms with Gasteiger partial charge in [0, 0.05) is 11.8 Å². The zero-order chi connectivity index (χ0) is 11.3. The predicted molar refractivity (Wildman–Crippen MR) is 60.4 cm³/mol. The first kappa shape index (κ1) is 11.5. The number of allylic oxidation sites excluding steroid dienone is 1. The largest absolute Gasteiger partial charge is 0.392 e. The van der Waals surface area contributed by atoms with Crippen LogP contribution < -0.4 is 5.32 Å². The highest BCUT2D eigenvalue weighted by molar-refractivity contribution is 5.99. The maximum Gasteiger partial charge on any atom is 0.248 e. The molecule has 0 unspecified atom stereocenters. The zero-order valence-corrected chi connectivity index (χ0v) is 8.95. The molecule has 15 heavy (non-hydrogen) atoms. The first-order chi connectivity index (χ1) is 7.11. The normalized spacial score (nSPS) is 9.53. The quantitative estimate of drug-likeness (QED) is 0.742. The fraction of sp³-hybridized carbons (Fsp3) is 0.250. The topological polar surface area (TPSA) is 49.3 Å². The van der Waals surface area contributed by atoms with Gasteiger partial charge in [0.05, 0.1) is 6.61 Å². The SMILES string of the molecule is CC(C)=CC(=O)Nc1ccc(CO)cc1. The van der Waals surface area contributed by atoms with Crippen molar-refractivity contribution in [1.29, 1.82) is 0 Å². The zero-order valence-electron chi connectivity index (χ0n) is 8.95. The fourth-order valence-electron chi connectivity index (χ4n) is 1.13. The number of hydrogen-bond donors (Lipinski definition) is 2. The number of carbonyl (C=O) groups excluding carboxylic acids is 1. The Morgan fingerprint density at radius 1 is 1.33 bits per heavy atom. The van der Waals surface area contributed by atoms with Crippen LogP contribution in [0, 0.1) is 0 Å². The summed E-state index contributed by atoms with van der Waals surface area (Å²) in [6, 6.07) is 7.08. The van der Waals surface area contributed by atoms with Crippen LogP contribution in [0.5, 0.6) is 0 Å². The number of amides is 1. The lowest BCUT2D eigenvalue weighted by Gasteiger charge is -2.03. The van der Waals surface area contributed by atoms with Gasteiger partial charge < -0.3 is 10.4 Å². The van der Waals surface area contributed by atoms with Gasteiger partial charge in [-0.2, -0.15) is 0 Å². The van der Waals surface area contributed by atoms with Crippen LogP contribution in [0.1, 0.15) is 19.4 Å². The smallest absolute Gasteiger partial charge is 0.248 e. The van der Waals surface area contributed by atoms with E-state index in [1.165, 1.54) is 0 Å². The van der Waals surface area contributed by atoms with E-state index in [-0.39, 0.29) is 12.5 Å². The molecule has 0 aliphatic carbocycles. The molecule has 2 N–H and O–H groups in total. The van der Waals surface area contributed by atoms with Crippen LogP contribution in [0.15, 0.2) is 35.9 Å². The highest BCUT2D eigenvalue weighted by Gasteiger charge is 1.98. The highest BCUT2D eigenvalue weighted by atomic mass is 16.3. The second-order valence-corrected chi connectivity index (χ2v) is 3.57. The summed E-state index contributed by atoms with van der Waals surface area (Å²) in [6.45, 7) is 3.76. The van der Waals surface area contributed by atoms with Gasteiger partial charge in [-0.15, -0.1) is 0 Å². The molecule has 0 fully saturated rings. The van der Waals surface area contributed by atoms with Gasteiger partial charge >= 0.3 is 0 Å². The van der Waals surface area contributed by atoms with E-state index in [9.17, 15) is 4.79 Å². The van der Waals surface area contributed by atoms with Crippen molar-refractivity contribution >= 4 is 11.6 Å². The van der Waals surface area contributed by atoms with Gasteiger partial charge in [-0.1, -0.05) is 17.7 Å². The number of anilines is 1. The molecule has 0 radical (unpaired) electrons. The molecule has 0 saturated carbocycles. The lowest BCUT2D eigenvalue weighted by atomic mass is 10.2. The summed E-state index contributed by atoms with van der Waals surface area (Å²) in [5.74, 6) is -0.133. The van der Waals surface area contributed by atoms with Crippen LogP contribution in [0.25, 0.3) is 0 Å². The summed E-state index contributed by atoms with van der Waals surface area (Å²) >= 11 is 0. The van der Waals surface area contributed by atoms with Crippen molar-refractivity contribution < 1.29 is 9.90 Å². The van der Waals surface area contributed by atoms with Crippen molar-refractivity contribution in [3.05, 3.63) is 41.5 Å². The predicted octanol–water partition coefficient (Wildman–Crippen LogP) is 2.08. The van der Waals surface area contributed by atoms with Crippen LogP contribution in [-0.4, -0.2) is 11.0 Å². The first-order valence-electron chi connectivity index (χ1n) is 4.77. The molecule has 1 aromatic rings. The van der Waals surface area contributed by atoms with E-state index in [2.05, 4.69) is 5.32 Å². The average Bonchev–Trinajstić information content (AvgIpc) is 2.17. The molecule has 0 atom stereocenters. The number of rotatable bonds is 3. The molecule has 3 nitrogen and oxygen atoms in total. The molecular formula is C12H15NO2. The minimum Gasteiger partial charge on any atom is -0.392 e. The number of aliphatic hydroxyl groups excluding tert-OH is 1. The summed E-state index contributed by atoms with van der Waals surface area (Å²) in [4.78, 5) is 11.3. The van der Waals surface area contributed by atoms with Gasteiger partial charge in [0.1, 0.15) is 0 Å². The van der Waals surface area contributed by atoms with Crippen molar-refractivity contribution in [2.45, 2.75) is 20.5 Å². The Kier molecular flexibility index (Phi) is 4.06. The molecule has 1 amide bonds. The summed E-state index contributed by atoms with van der Waals surface area (Å²) in [5, 5.41) is 11.6. The summed E-state index contributed by atoms with van der Waals surface area (Å²) in [7, 11) is 0. The Balaban J connectivity index is 2.65. The third-order valence-corrected chi connectivity index (χ3v) is 1.82. The summed E-state index contributed by atoms with van der Waals surface area (Å²) < 4.78 is 0. The molecule has 1 aromatic carbocycles. The van der Waals surface area contributed by atoms with E-state index in [4.69, 9.17) is 5.11 Å². The highest BCUT2D eigenvalue weighted by Crippen LogP contribution is 2.09. The van der Waals surface area contributed by atoms with E-state index in [0.717, 1.165) is 16.8 Å². The van der Waals surface area contributed by atoms with Gasteiger partial charge in [0.15, 0.2) is 0 Å². The maximum absolute atomic E-state index is 11.3. The number of nitrogens with one attached hydrogen (secondary N) is 1. The average molecular weight is 205 g/mol. The molecule has 80 valence electrons. The molecule has 0 aliphatic heterocycles. The lowest BCUT2D eigenvalue weighted by Crippen LogP contribution is -2.08. The molecule has 1 rings (SSSR count). The van der Waals surface area contributed by atoms with Crippen LogP contribution in [0.3, 0.4) is 0 Å². The summed E-state index contributed by atoms with van der Waals surface area (Å²) in [5.41, 5.74) is 2.52. The van der Waals surface area contributed by atoms with Crippen molar-refractivity contribution in [2.24, 2.45) is 0 Å². The Bertz CT molecular complexity index is 362. The molecule has 0 spiro atoms. The molecule has 0 heterocycles. The molecule has 0 saturated heterocycles. The Morgan fingerprint density at radius 3 is 2.40 bits per heavy atom. The van der Waals surface area contributed by atoms with Gasteiger partial charge in [-0.3, -0.25) is 4.79 Å². The van der Waals surface area contributed by atoms with Gasteiger partial charge in [0.2, 0.25) is 5.91 Å². The number of hydrogen-bond acceptors (Lipinski definition) is 2. The Hall–Kier alpha value is -1.61. The monoisotopic (exact) mass is 205 g/mol. The minimum atomic E-state index is -0.133. The molecule has 0 aliphatic rings. The molecule has 0 bridgehead atoms. The van der Waals surface area contributed by atoms with Crippen molar-refractivity contribution in [2.75, 3.05) is 5.32 Å². The minimum absolute atomic E-state index is 0.0161. The number of carbonyl (C=O) groups is 1. The van der Waals surface area contributed by atoms with Gasteiger partial charge in [-0.05, 0) is 31.5 Å². The van der Waals surface area contributed by atoms with Crippen LogP contribution >= 0.6 is 0 Å². The maximum atomic E-state index is 11.3. The Labute approximate surface area is 89.4 Å². The molecular weight excluding hydrogens is 190 g/mol. The third kappa shape index (κ3) is 3.95. The second-order valence-electron chi connectivity index (χ2n) is 3.57. The van der Waals surface area contributed by atoms with Crippen LogP contribution in [0.2, 0.25) is 0 Å². The van der Waals surface area contributed by atoms with E-state index < -0.39 is 0 Å². The van der Waals surface area contributed by atoms with E-state index in [1.54, 1.807) is 30.3 Å². The third-order valence-electron chi connectivity index (χ3n) is 1.82. The van der Waals surface area contributed by atoms with Crippen molar-refractivity contribution in [1.82, 2.24) is 0 Å². The second kappa shape index (κ2) is 5.32. The van der Waals surface area contributed by atoms with E-state index >= 15 is 0 Å². The standard InChI is InChI=1S/C12H15NO2/c1-9(2)7-12(15)13-11-5-3-10(8-14)4-6-11/h3-7,14H,8H2,1-2H3,(H,13,15). The van der Waals surface area contributed by atoms with Crippen LogP contribution in [-0.2, 0) is 11.4 Å². The van der Waals surface area contributed by atoms with Crippen LogP contribution in [0.4, 0.5) is 5.69 Å². The number of aliphatic hydroxyl groups is 1. The van der Waals surface area contributed by atoms with E-state index in [0.29, 0.717) is 0 Å². The van der Waals surface area contributed by atoms with Crippen molar-refractivity contribution in [3.8, 4) is 0 Å².